The maximum Gasteiger partial charge on any atom is 0.291 e. The number of halogens is 1. The quantitative estimate of drug-likeness (QED) is 0.657. The summed E-state index contributed by atoms with van der Waals surface area (Å²) in [6.45, 7) is 2.40. The van der Waals surface area contributed by atoms with Crippen molar-refractivity contribution in [3.05, 3.63) is 26.3 Å². The predicted octanol–water partition coefficient (Wildman–Crippen LogP) is 2.24. The van der Waals surface area contributed by atoms with Crippen LogP contribution in [0.15, 0.2) is 10.7 Å². The highest BCUT2D eigenvalue weighted by Crippen LogP contribution is 2.32. The summed E-state index contributed by atoms with van der Waals surface area (Å²) in [4.78, 5) is 14.3. The topological polar surface area (TPSA) is 88.3 Å². The van der Waals surface area contributed by atoms with E-state index in [1.807, 2.05) is 0 Å². The molecule has 6 nitrogen and oxygen atoms in total. The maximum absolute atomic E-state index is 10.7. The van der Waals surface area contributed by atoms with E-state index in [4.69, 9.17) is 0 Å². The van der Waals surface area contributed by atoms with Gasteiger partial charge in [-0.3, -0.25) is 10.1 Å². The van der Waals surface area contributed by atoms with E-state index in [9.17, 15) is 15.2 Å². The van der Waals surface area contributed by atoms with Crippen molar-refractivity contribution in [3.63, 3.8) is 0 Å². The predicted molar refractivity (Wildman–Crippen MR) is 70.5 cm³/mol. The fourth-order valence-corrected chi connectivity index (χ4v) is 2.43. The Morgan fingerprint density at radius 1 is 1.67 bits per heavy atom. The average molecular weight is 316 g/mol. The molecule has 2 N–H and O–H groups in total. The second-order valence-electron chi connectivity index (χ2n) is 4.56. The molecular formula is C11H14BrN3O3. The molecule has 1 aromatic heterocycles. The molecule has 0 saturated heterocycles. The first kappa shape index (κ1) is 13.2. The van der Waals surface area contributed by atoms with Gasteiger partial charge in [0.15, 0.2) is 0 Å². The van der Waals surface area contributed by atoms with E-state index in [0.717, 1.165) is 19.4 Å². The monoisotopic (exact) mass is 315 g/mol. The van der Waals surface area contributed by atoms with Crippen molar-refractivity contribution >= 4 is 27.4 Å². The van der Waals surface area contributed by atoms with Crippen LogP contribution in [-0.2, 0) is 0 Å². The van der Waals surface area contributed by atoms with E-state index in [-0.39, 0.29) is 11.8 Å². The number of hydrogen-bond acceptors (Lipinski definition) is 5. The number of pyridine rings is 1. The molecule has 0 unspecified atom stereocenters. The zero-order valence-electron chi connectivity index (χ0n) is 9.89. The number of anilines is 1. The van der Waals surface area contributed by atoms with Crippen molar-refractivity contribution in [2.45, 2.75) is 25.9 Å². The van der Waals surface area contributed by atoms with Crippen LogP contribution in [0.4, 0.5) is 11.5 Å². The van der Waals surface area contributed by atoms with Gasteiger partial charge in [-0.25, -0.2) is 4.98 Å². The Hall–Kier alpha value is -1.21. The Bertz CT molecular complexity index is 475. The molecule has 0 amide bonds. The van der Waals surface area contributed by atoms with Crippen LogP contribution in [0, 0.1) is 23.0 Å². The minimum absolute atomic E-state index is 0.00601. The van der Waals surface area contributed by atoms with E-state index in [0.29, 0.717) is 21.8 Å². The third-order valence-corrected chi connectivity index (χ3v) is 4.17. The highest BCUT2D eigenvalue weighted by Gasteiger charge is 2.27. The molecule has 0 radical (unpaired) electrons. The van der Waals surface area contributed by atoms with Gasteiger partial charge in [-0.15, -0.1) is 0 Å². The number of rotatable bonds is 4. The lowest BCUT2D eigenvalue weighted by Gasteiger charge is -2.31. The summed E-state index contributed by atoms with van der Waals surface area (Å²) in [5, 5.41) is 23.1. The van der Waals surface area contributed by atoms with Gasteiger partial charge in [0.25, 0.3) is 5.69 Å². The second-order valence-corrected chi connectivity index (χ2v) is 5.35. The molecule has 1 aromatic rings. The van der Waals surface area contributed by atoms with Crippen LogP contribution in [0.25, 0.3) is 0 Å². The number of nitro groups is 1. The van der Waals surface area contributed by atoms with Crippen molar-refractivity contribution in [2.75, 3.05) is 11.9 Å². The second kappa shape index (κ2) is 5.19. The number of aromatic nitrogens is 1. The molecule has 0 atom stereocenters. The molecule has 1 fully saturated rings. The fourth-order valence-electron chi connectivity index (χ4n) is 1.98. The lowest BCUT2D eigenvalue weighted by Crippen LogP contribution is -2.33. The van der Waals surface area contributed by atoms with Gasteiger partial charge in [0.1, 0.15) is 12.0 Å². The Morgan fingerprint density at radius 2 is 2.33 bits per heavy atom. The van der Waals surface area contributed by atoms with Crippen LogP contribution in [0.5, 0.6) is 0 Å². The Labute approximate surface area is 113 Å². The van der Waals surface area contributed by atoms with Gasteiger partial charge in [0.05, 0.1) is 15.5 Å². The summed E-state index contributed by atoms with van der Waals surface area (Å²) in [5.74, 6) is 1.06. The van der Waals surface area contributed by atoms with Gasteiger partial charge < -0.3 is 10.4 Å². The number of nitrogens with one attached hydrogen (secondary N) is 1. The van der Waals surface area contributed by atoms with Crippen molar-refractivity contribution in [1.82, 2.24) is 4.98 Å². The van der Waals surface area contributed by atoms with Gasteiger partial charge >= 0.3 is 0 Å². The summed E-state index contributed by atoms with van der Waals surface area (Å²) in [6, 6.07) is 0. The Balaban J connectivity index is 2.05. The largest absolute Gasteiger partial charge is 0.393 e. The third kappa shape index (κ3) is 2.62. The minimum atomic E-state index is -0.445. The molecule has 7 heteroatoms. The molecule has 2 rings (SSSR count). The number of aliphatic hydroxyl groups is 1. The lowest BCUT2D eigenvalue weighted by atomic mass is 9.82. The molecule has 0 spiro atoms. The molecule has 0 aromatic carbocycles. The van der Waals surface area contributed by atoms with E-state index in [1.54, 1.807) is 6.92 Å². The summed E-state index contributed by atoms with van der Waals surface area (Å²) in [7, 11) is 0. The van der Waals surface area contributed by atoms with Gasteiger partial charge in [-0.1, -0.05) is 0 Å². The smallest absolute Gasteiger partial charge is 0.291 e. The molecule has 1 aliphatic rings. The number of hydrogen-bond donors (Lipinski definition) is 2. The highest BCUT2D eigenvalue weighted by molar-refractivity contribution is 9.10. The first-order chi connectivity index (χ1) is 8.49. The highest BCUT2D eigenvalue weighted by atomic mass is 79.9. The standard InChI is InChI=1S/C11H14BrN3O3/c1-6-9(15(17)18)5-14-11(10(6)12)13-4-7-2-8(16)3-7/h5,7-8,16H,2-4H2,1H3,(H,13,14). The first-order valence-corrected chi connectivity index (χ1v) is 6.49. The Morgan fingerprint density at radius 3 is 2.89 bits per heavy atom. The fraction of sp³-hybridized carbons (Fsp3) is 0.545. The van der Waals surface area contributed by atoms with Crippen LogP contribution in [0.2, 0.25) is 0 Å². The number of nitrogens with zero attached hydrogens (tertiary/aromatic N) is 2. The SMILES string of the molecule is Cc1c([N+](=O)[O-])cnc(NCC2CC(O)C2)c1Br. The third-order valence-electron chi connectivity index (χ3n) is 3.20. The molecule has 0 bridgehead atoms. The molecule has 1 aliphatic carbocycles. The minimum Gasteiger partial charge on any atom is -0.393 e. The van der Waals surface area contributed by atoms with E-state index < -0.39 is 4.92 Å². The van der Waals surface area contributed by atoms with Crippen LogP contribution in [-0.4, -0.2) is 27.7 Å². The van der Waals surface area contributed by atoms with Crippen LogP contribution < -0.4 is 5.32 Å². The van der Waals surface area contributed by atoms with Gasteiger partial charge in [-0.2, -0.15) is 0 Å². The lowest BCUT2D eigenvalue weighted by molar-refractivity contribution is -0.385. The van der Waals surface area contributed by atoms with Crippen molar-refractivity contribution in [2.24, 2.45) is 5.92 Å². The van der Waals surface area contributed by atoms with Crippen LogP contribution >= 0.6 is 15.9 Å². The summed E-state index contributed by atoms with van der Waals surface area (Å²) < 4.78 is 0.622. The summed E-state index contributed by atoms with van der Waals surface area (Å²) in [6.07, 6.45) is 2.69. The maximum atomic E-state index is 10.7. The zero-order valence-corrected chi connectivity index (χ0v) is 11.5. The summed E-state index contributed by atoms with van der Waals surface area (Å²) in [5.41, 5.74) is 0.567. The van der Waals surface area contributed by atoms with Crippen LogP contribution in [0.1, 0.15) is 18.4 Å². The molecular weight excluding hydrogens is 302 g/mol. The zero-order chi connectivity index (χ0) is 13.3. The molecule has 98 valence electrons. The van der Waals surface area contributed by atoms with E-state index in [1.165, 1.54) is 6.20 Å². The summed E-state index contributed by atoms with van der Waals surface area (Å²) >= 11 is 3.32. The molecule has 1 saturated carbocycles. The molecule has 1 heterocycles. The molecule has 18 heavy (non-hydrogen) atoms. The van der Waals surface area contributed by atoms with Gasteiger partial charge in [0, 0.05) is 12.1 Å². The number of aliphatic hydroxyl groups excluding tert-OH is 1. The van der Waals surface area contributed by atoms with Crippen LogP contribution in [0.3, 0.4) is 0 Å². The van der Waals surface area contributed by atoms with Gasteiger partial charge in [-0.05, 0) is 41.6 Å². The first-order valence-electron chi connectivity index (χ1n) is 5.70. The normalized spacial score (nSPS) is 22.4. The van der Waals surface area contributed by atoms with E-state index in [2.05, 4.69) is 26.2 Å². The van der Waals surface area contributed by atoms with Crippen molar-refractivity contribution in [3.8, 4) is 0 Å². The Kier molecular flexibility index (Phi) is 3.82. The molecule has 0 aliphatic heterocycles. The van der Waals surface area contributed by atoms with Crippen molar-refractivity contribution in [1.29, 1.82) is 0 Å². The van der Waals surface area contributed by atoms with Gasteiger partial charge in [0.2, 0.25) is 0 Å². The average Bonchev–Trinajstić information content (AvgIpc) is 2.27. The van der Waals surface area contributed by atoms with Crippen molar-refractivity contribution < 1.29 is 10.0 Å². The van der Waals surface area contributed by atoms with E-state index >= 15 is 0 Å².